The molecule has 0 fully saturated rings. The summed E-state index contributed by atoms with van der Waals surface area (Å²) < 4.78 is 18.0. The summed E-state index contributed by atoms with van der Waals surface area (Å²) in [5.74, 6) is -0.977. The average molecular weight is 333 g/mol. The number of benzene rings is 2. The molecule has 1 atom stereocenters. The maximum Gasteiger partial charge on any atom is 0.327 e. The first-order valence-electron chi connectivity index (χ1n) is 6.80. The Morgan fingerprint density at radius 1 is 1.39 bits per heavy atom. The molecule has 0 amide bonds. The molecule has 0 saturated carbocycles. The van der Waals surface area contributed by atoms with E-state index in [4.69, 9.17) is 21.6 Å². The number of nitrogens with zero attached hydrogens (tertiary/aromatic N) is 1. The van der Waals surface area contributed by atoms with E-state index < -0.39 is 17.8 Å². The Morgan fingerprint density at radius 2 is 2.17 bits per heavy atom. The Balaban J connectivity index is 2.20. The number of rotatable bonds is 5. The lowest BCUT2D eigenvalue weighted by atomic mass is 10.0. The summed E-state index contributed by atoms with van der Waals surface area (Å²) in [5.41, 5.74) is 1.79. The number of hydrogen-bond acceptors (Lipinski definition) is 4. The molecule has 2 rings (SSSR count). The molecule has 0 aromatic heterocycles. The number of esters is 1. The highest BCUT2D eigenvalue weighted by atomic mass is 35.5. The van der Waals surface area contributed by atoms with Crippen molar-refractivity contribution < 1.29 is 13.9 Å². The van der Waals surface area contributed by atoms with Gasteiger partial charge in [0.2, 0.25) is 0 Å². The van der Waals surface area contributed by atoms with Crippen LogP contribution in [0.1, 0.15) is 22.7 Å². The fourth-order valence-corrected chi connectivity index (χ4v) is 2.32. The van der Waals surface area contributed by atoms with E-state index in [0.29, 0.717) is 11.1 Å². The predicted octanol–water partition coefficient (Wildman–Crippen LogP) is 3.35. The zero-order chi connectivity index (χ0) is 16.8. The summed E-state index contributed by atoms with van der Waals surface area (Å²) in [6.45, 7) is 0.288. The van der Waals surface area contributed by atoms with Gasteiger partial charge in [-0.1, -0.05) is 29.8 Å². The zero-order valence-corrected chi connectivity index (χ0v) is 13.1. The van der Waals surface area contributed by atoms with Crippen LogP contribution < -0.4 is 5.32 Å². The lowest BCUT2D eigenvalue weighted by molar-refractivity contribution is -0.143. The molecule has 0 bridgehead atoms. The predicted molar refractivity (Wildman–Crippen MR) is 84.2 cm³/mol. The van der Waals surface area contributed by atoms with E-state index in [1.807, 2.05) is 6.07 Å². The van der Waals surface area contributed by atoms with Gasteiger partial charge >= 0.3 is 5.97 Å². The van der Waals surface area contributed by atoms with E-state index in [2.05, 4.69) is 5.32 Å². The maximum absolute atomic E-state index is 13.2. The number of carbonyl (C=O) groups is 1. The van der Waals surface area contributed by atoms with Gasteiger partial charge in [-0.15, -0.1) is 0 Å². The molecule has 0 spiro atoms. The van der Waals surface area contributed by atoms with Gasteiger partial charge < -0.3 is 4.74 Å². The minimum Gasteiger partial charge on any atom is -0.468 e. The molecule has 0 radical (unpaired) electrons. The summed E-state index contributed by atoms with van der Waals surface area (Å²) in [7, 11) is 1.29. The molecule has 118 valence electrons. The van der Waals surface area contributed by atoms with Gasteiger partial charge in [0.05, 0.1) is 23.8 Å². The lowest BCUT2D eigenvalue weighted by Gasteiger charge is -2.17. The van der Waals surface area contributed by atoms with Crippen molar-refractivity contribution >= 4 is 17.6 Å². The Labute approximate surface area is 138 Å². The van der Waals surface area contributed by atoms with E-state index in [-0.39, 0.29) is 11.6 Å². The minimum absolute atomic E-state index is 0.0189. The highest BCUT2D eigenvalue weighted by Gasteiger charge is 2.21. The van der Waals surface area contributed by atoms with Crippen LogP contribution in [0.25, 0.3) is 0 Å². The fraction of sp³-hybridized carbons (Fsp3) is 0.176. The van der Waals surface area contributed by atoms with E-state index >= 15 is 0 Å². The summed E-state index contributed by atoms with van der Waals surface area (Å²) in [6, 6.07) is 12.3. The van der Waals surface area contributed by atoms with E-state index in [1.165, 1.54) is 19.2 Å². The molecule has 0 aliphatic heterocycles. The second-order valence-corrected chi connectivity index (χ2v) is 5.23. The number of carbonyl (C=O) groups excluding carboxylic acids is 1. The van der Waals surface area contributed by atoms with E-state index in [0.717, 1.165) is 5.56 Å². The topological polar surface area (TPSA) is 62.1 Å². The highest BCUT2D eigenvalue weighted by Crippen LogP contribution is 2.19. The fourth-order valence-electron chi connectivity index (χ4n) is 2.11. The average Bonchev–Trinajstić information content (AvgIpc) is 2.58. The van der Waals surface area contributed by atoms with Crippen LogP contribution in [-0.2, 0) is 16.1 Å². The smallest absolute Gasteiger partial charge is 0.327 e. The van der Waals surface area contributed by atoms with E-state index in [9.17, 15) is 9.18 Å². The SMILES string of the molecule is COC(=O)C(NCc1ccc(F)c(Cl)c1)c1cccc(C#N)c1. The molecule has 0 aliphatic carbocycles. The van der Waals surface area contributed by atoms with Gasteiger partial charge in [-0.3, -0.25) is 5.32 Å². The zero-order valence-electron chi connectivity index (χ0n) is 12.3. The van der Waals surface area contributed by atoms with Crippen LogP contribution in [0.2, 0.25) is 5.02 Å². The van der Waals surface area contributed by atoms with Crippen molar-refractivity contribution in [1.82, 2.24) is 5.32 Å². The molecule has 2 aromatic rings. The number of ether oxygens (including phenoxy) is 1. The molecule has 0 heterocycles. The van der Waals surface area contributed by atoms with Crippen molar-refractivity contribution in [3.63, 3.8) is 0 Å². The first-order chi connectivity index (χ1) is 11.0. The Hall–Kier alpha value is -2.42. The summed E-state index contributed by atoms with van der Waals surface area (Å²) in [6.07, 6.45) is 0. The summed E-state index contributed by atoms with van der Waals surface area (Å²) in [4.78, 5) is 12.0. The summed E-state index contributed by atoms with van der Waals surface area (Å²) in [5, 5.41) is 12.0. The van der Waals surface area contributed by atoms with Crippen molar-refractivity contribution in [2.75, 3.05) is 7.11 Å². The number of nitrogens with one attached hydrogen (secondary N) is 1. The molecular formula is C17H14ClFN2O2. The number of nitriles is 1. The van der Waals surface area contributed by atoms with Crippen LogP contribution in [0.5, 0.6) is 0 Å². The molecule has 2 aromatic carbocycles. The third-order valence-electron chi connectivity index (χ3n) is 3.28. The minimum atomic E-state index is -0.739. The van der Waals surface area contributed by atoms with Crippen molar-refractivity contribution in [3.05, 3.63) is 70.0 Å². The second kappa shape index (κ2) is 7.73. The van der Waals surface area contributed by atoms with Gasteiger partial charge in [0.15, 0.2) is 0 Å². The largest absolute Gasteiger partial charge is 0.468 e. The van der Waals surface area contributed by atoms with Crippen LogP contribution in [-0.4, -0.2) is 13.1 Å². The van der Waals surface area contributed by atoms with E-state index in [1.54, 1.807) is 30.3 Å². The van der Waals surface area contributed by atoms with Crippen molar-refractivity contribution in [3.8, 4) is 6.07 Å². The lowest BCUT2D eigenvalue weighted by Crippen LogP contribution is -2.29. The van der Waals surface area contributed by atoms with Gasteiger partial charge in [-0.25, -0.2) is 9.18 Å². The number of halogens is 2. The van der Waals surface area contributed by atoms with Gasteiger partial charge in [-0.2, -0.15) is 5.26 Å². The first-order valence-corrected chi connectivity index (χ1v) is 7.18. The normalized spacial score (nSPS) is 11.6. The van der Waals surface area contributed by atoms with Gasteiger partial charge in [0.25, 0.3) is 0 Å². The Bertz CT molecular complexity index is 758. The molecule has 1 unspecified atom stereocenters. The third-order valence-corrected chi connectivity index (χ3v) is 3.57. The first kappa shape index (κ1) is 16.9. The molecule has 4 nitrogen and oxygen atoms in total. The standard InChI is InChI=1S/C17H14ClFN2O2/c1-23-17(22)16(13-4-2-3-11(7-13)9-20)21-10-12-5-6-15(19)14(18)8-12/h2-8,16,21H,10H2,1H3. The second-order valence-electron chi connectivity index (χ2n) is 4.82. The van der Waals surface area contributed by atoms with Crippen LogP contribution in [0.3, 0.4) is 0 Å². The molecule has 23 heavy (non-hydrogen) atoms. The van der Waals surface area contributed by atoms with Crippen molar-refractivity contribution in [1.29, 1.82) is 5.26 Å². The van der Waals surface area contributed by atoms with Crippen LogP contribution in [0.4, 0.5) is 4.39 Å². The third kappa shape index (κ3) is 4.28. The van der Waals surface area contributed by atoms with Crippen LogP contribution in [0, 0.1) is 17.1 Å². The van der Waals surface area contributed by atoms with Crippen LogP contribution in [0.15, 0.2) is 42.5 Å². The van der Waals surface area contributed by atoms with Gasteiger partial charge in [0, 0.05) is 6.54 Å². The van der Waals surface area contributed by atoms with Crippen molar-refractivity contribution in [2.24, 2.45) is 0 Å². The highest BCUT2D eigenvalue weighted by molar-refractivity contribution is 6.30. The molecule has 0 saturated heterocycles. The Kier molecular flexibility index (Phi) is 5.69. The van der Waals surface area contributed by atoms with Crippen molar-refractivity contribution in [2.45, 2.75) is 12.6 Å². The Morgan fingerprint density at radius 3 is 2.83 bits per heavy atom. The molecule has 6 heteroatoms. The molecule has 1 N–H and O–H groups in total. The summed E-state index contributed by atoms with van der Waals surface area (Å²) >= 11 is 5.75. The molecule has 0 aliphatic rings. The maximum atomic E-state index is 13.2. The number of methoxy groups -OCH3 is 1. The van der Waals surface area contributed by atoms with Gasteiger partial charge in [-0.05, 0) is 35.4 Å². The van der Waals surface area contributed by atoms with Crippen LogP contribution >= 0.6 is 11.6 Å². The monoisotopic (exact) mass is 332 g/mol. The quantitative estimate of drug-likeness (QED) is 0.853. The van der Waals surface area contributed by atoms with Gasteiger partial charge in [0.1, 0.15) is 11.9 Å². The number of hydrogen-bond donors (Lipinski definition) is 1. The molecular weight excluding hydrogens is 319 g/mol.